The van der Waals surface area contributed by atoms with Crippen molar-refractivity contribution in [2.45, 2.75) is 13.3 Å². The highest BCUT2D eigenvalue weighted by Gasteiger charge is 2.21. The third kappa shape index (κ3) is 6.35. The first kappa shape index (κ1) is 24.7. The average molecular weight is 485 g/mol. The molecule has 0 aromatic heterocycles. The number of rotatable bonds is 7. The molecule has 0 atom stereocenters. The molecule has 1 aliphatic rings. The van der Waals surface area contributed by atoms with Crippen molar-refractivity contribution in [1.29, 1.82) is 0 Å². The molecule has 0 unspecified atom stereocenters. The highest BCUT2D eigenvalue weighted by molar-refractivity contribution is 6.02. The minimum absolute atomic E-state index is 0.00646. The largest absolute Gasteiger partial charge is 0.368 e. The van der Waals surface area contributed by atoms with Crippen LogP contribution in [0.2, 0.25) is 0 Å². The lowest BCUT2D eigenvalue weighted by Gasteiger charge is -2.36. The van der Waals surface area contributed by atoms with E-state index in [0.29, 0.717) is 30.8 Å². The fraction of sp³-hybridized carbons (Fsp3) is 0.214. The number of aryl methyl sites for hydroxylation is 1. The third-order valence-corrected chi connectivity index (χ3v) is 6.27. The molecule has 1 fully saturated rings. The molecule has 8 nitrogen and oxygen atoms in total. The number of nitrogens with zero attached hydrogens (tertiary/aromatic N) is 3. The van der Waals surface area contributed by atoms with Crippen molar-refractivity contribution in [1.82, 2.24) is 4.90 Å². The van der Waals surface area contributed by atoms with Crippen LogP contribution in [0, 0.1) is 17.0 Å². The number of piperazine rings is 1. The lowest BCUT2D eigenvalue weighted by molar-refractivity contribution is -0.384. The van der Waals surface area contributed by atoms with E-state index in [0.717, 1.165) is 29.9 Å². The molecule has 4 rings (SSSR count). The van der Waals surface area contributed by atoms with Crippen molar-refractivity contribution in [3.63, 3.8) is 0 Å². The zero-order chi connectivity index (χ0) is 25.5. The Morgan fingerprint density at radius 3 is 2.25 bits per heavy atom. The summed E-state index contributed by atoms with van der Waals surface area (Å²) in [6, 6.07) is 21.6. The zero-order valence-corrected chi connectivity index (χ0v) is 20.1. The predicted octanol–water partition coefficient (Wildman–Crippen LogP) is 4.45. The second kappa shape index (κ2) is 11.3. The lowest BCUT2D eigenvalue weighted by Crippen LogP contribution is -2.49. The van der Waals surface area contributed by atoms with Crippen molar-refractivity contribution in [3.05, 3.63) is 106 Å². The summed E-state index contributed by atoms with van der Waals surface area (Å²) >= 11 is 0. The first-order chi connectivity index (χ1) is 17.4. The Bertz CT molecular complexity index is 1260. The Morgan fingerprint density at radius 2 is 1.61 bits per heavy atom. The molecule has 0 radical (unpaired) electrons. The molecular weight excluding hydrogens is 456 g/mol. The number of carbonyl (C=O) groups excluding carboxylic acids is 2. The second-order valence-electron chi connectivity index (χ2n) is 8.69. The van der Waals surface area contributed by atoms with E-state index < -0.39 is 4.92 Å². The van der Waals surface area contributed by atoms with E-state index in [1.807, 2.05) is 60.4 Å². The normalized spacial score (nSPS) is 13.6. The summed E-state index contributed by atoms with van der Waals surface area (Å²) in [5.41, 5.74) is 4.63. The second-order valence-corrected chi connectivity index (χ2v) is 8.69. The Hall–Kier alpha value is -4.46. The molecule has 3 aromatic carbocycles. The molecule has 3 aromatic rings. The van der Waals surface area contributed by atoms with E-state index in [1.165, 1.54) is 18.2 Å². The third-order valence-electron chi connectivity index (χ3n) is 6.27. The molecule has 8 heteroatoms. The van der Waals surface area contributed by atoms with Crippen LogP contribution >= 0.6 is 0 Å². The van der Waals surface area contributed by atoms with E-state index in [4.69, 9.17) is 0 Å². The van der Waals surface area contributed by atoms with Crippen LogP contribution in [0.1, 0.15) is 16.7 Å². The van der Waals surface area contributed by atoms with Crippen LogP contribution in [0.3, 0.4) is 0 Å². The van der Waals surface area contributed by atoms with Gasteiger partial charge in [-0.3, -0.25) is 19.7 Å². The van der Waals surface area contributed by atoms with Gasteiger partial charge in [0, 0.05) is 55.8 Å². The number of non-ortho nitro benzene ring substituents is 1. The van der Waals surface area contributed by atoms with Crippen molar-refractivity contribution < 1.29 is 14.5 Å². The molecule has 0 spiro atoms. The van der Waals surface area contributed by atoms with Crippen molar-refractivity contribution in [2.75, 3.05) is 36.4 Å². The highest BCUT2D eigenvalue weighted by Crippen LogP contribution is 2.20. The molecule has 0 saturated carbocycles. The first-order valence-corrected chi connectivity index (χ1v) is 11.8. The van der Waals surface area contributed by atoms with Gasteiger partial charge >= 0.3 is 0 Å². The van der Waals surface area contributed by atoms with Crippen molar-refractivity contribution in [2.24, 2.45) is 0 Å². The van der Waals surface area contributed by atoms with Gasteiger partial charge in [0.2, 0.25) is 11.8 Å². The smallest absolute Gasteiger partial charge is 0.269 e. The molecule has 36 heavy (non-hydrogen) atoms. The Balaban J connectivity index is 1.26. The van der Waals surface area contributed by atoms with Crippen molar-refractivity contribution >= 4 is 35.0 Å². The van der Waals surface area contributed by atoms with E-state index in [1.54, 1.807) is 18.2 Å². The van der Waals surface area contributed by atoms with Gasteiger partial charge in [0.15, 0.2) is 0 Å². The van der Waals surface area contributed by atoms with Crippen molar-refractivity contribution in [3.8, 4) is 0 Å². The minimum Gasteiger partial charge on any atom is -0.368 e. The quantitative estimate of drug-likeness (QED) is 0.304. The predicted molar refractivity (Wildman–Crippen MR) is 141 cm³/mol. The van der Waals surface area contributed by atoms with Crippen LogP contribution in [0.5, 0.6) is 0 Å². The van der Waals surface area contributed by atoms with Crippen LogP contribution in [-0.4, -0.2) is 47.8 Å². The first-order valence-electron chi connectivity index (χ1n) is 11.8. The van der Waals surface area contributed by atoms with Gasteiger partial charge in [0.05, 0.1) is 11.3 Å². The number of nitrogens with one attached hydrogen (secondary N) is 1. The summed E-state index contributed by atoms with van der Waals surface area (Å²) in [5.74, 6) is -0.134. The summed E-state index contributed by atoms with van der Waals surface area (Å²) < 4.78 is 0. The molecule has 1 N–H and O–H groups in total. The molecule has 1 aliphatic heterocycles. The van der Waals surface area contributed by atoms with Gasteiger partial charge in [0.25, 0.3) is 5.69 Å². The summed E-state index contributed by atoms with van der Waals surface area (Å²) in [5, 5.41) is 13.5. The summed E-state index contributed by atoms with van der Waals surface area (Å²) in [7, 11) is 0. The number of hydrogen-bond acceptors (Lipinski definition) is 5. The average Bonchev–Trinajstić information content (AvgIpc) is 2.89. The van der Waals surface area contributed by atoms with Crippen LogP contribution in [0.15, 0.2) is 78.9 Å². The van der Waals surface area contributed by atoms with Crippen LogP contribution in [0.25, 0.3) is 6.08 Å². The molecule has 2 amide bonds. The van der Waals surface area contributed by atoms with Gasteiger partial charge in [0.1, 0.15) is 0 Å². The van der Waals surface area contributed by atoms with Crippen LogP contribution in [-0.2, 0) is 16.0 Å². The van der Waals surface area contributed by atoms with Crippen LogP contribution < -0.4 is 10.2 Å². The van der Waals surface area contributed by atoms with Gasteiger partial charge in [-0.1, -0.05) is 24.3 Å². The fourth-order valence-electron chi connectivity index (χ4n) is 4.12. The number of amides is 2. The number of nitro groups is 1. The van der Waals surface area contributed by atoms with Gasteiger partial charge in [-0.15, -0.1) is 0 Å². The van der Waals surface area contributed by atoms with Gasteiger partial charge in [-0.2, -0.15) is 0 Å². The number of benzene rings is 3. The van der Waals surface area contributed by atoms with E-state index >= 15 is 0 Å². The zero-order valence-electron chi connectivity index (χ0n) is 20.1. The maximum Gasteiger partial charge on any atom is 0.269 e. The van der Waals surface area contributed by atoms with E-state index in [2.05, 4.69) is 10.2 Å². The summed E-state index contributed by atoms with van der Waals surface area (Å²) in [6.45, 7) is 4.89. The van der Waals surface area contributed by atoms with Gasteiger partial charge in [-0.05, 0) is 66.1 Å². The minimum atomic E-state index is -0.462. The standard InChI is InChI=1S/C28H28N4O4/c1-21-4-2-3-5-23(21)20-28(34)31-18-16-30(17-19-31)25-13-9-24(10-14-25)29-27(33)15-8-22-6-11-26(12-7-22)32(35)36/h2-15H,16-20H2,1H3,(H,29,33)/b15-8+. The van der Waals surface area contributed by atoms with Gasteiger partial charge < -0.3 is 15.1 Å². The number of anilines is 2. The summed E-state index contributed by atoms with van der Waals surface area (Å²) in [4.78, 5) is 39.4. The number of nitro benzene ring substituents is 1. The molecule has 184 valence electrons. The SMILES string of the molecule is Cc1ccccc1CC(=O)N1CCN(c2ccc(NC(=O)/C=C/c3ccc([N+](=O)[O-])cc3)cc2)CC1. The Kier molecular flexibility index (Phi) is 7.75. The topological polar surface area (TPSA) is 95.8 Å². The Labute approximate surface area is 210 Å². The lowest BCUT2D eigenvalue weighted by atomic mass is 10.1. The van der Waals surface area contributed by atoms with E-state index in [-0.39, 0.29) is 17.5 Å². The fourth-order valence-corrected chi connectivity index (χ4v) is 4.12. The molecular formula is C28H28N4O4. The molecule has 0 aliphatic carbocycles. The molecule has 1 heterocycles. The number of hydrogen-bond donors (Lipinski definition) is 1. The maximum atomic E-state index is 12.7. The van der Waals surface area contributed by atoms with Gasteiger partial charge in [-0.25, -0.2) is 0 Å². The Morgan fingerprint density at radius 1 is 0.944 bits per heavy atom. The van der Waals surface area contributed by atoms with Crippen LogP contribution in [0.4, 0.5) is 17.1 Å². The number of carbonyl (C=O) groups is 2. The highest BCUT2D eigenvalue weighted by atomic mass is 16.6. The molecule has 0 bridgehead atoms. The van der Waals surface area contributed by atoms with E-state index in [9.17, 15) is 19.7 Å². The monoisotopic (exact) mass is 484 g/mol. The molecule has 1 saturated heterocycles. The summed E-state index contributed by atoms with van der Waals surface area (Å²) in [6.07, 6.45) is 3.43. The maximum absolute atomic E-state index is 12.7.